The molecule has 0 radical (unpaired) electrons. The molecule has 0 saturated carbocycles. The Balaban J connectivity index is 0.000000447. The number of nitrogens with one attached hydrogen (secondary N) is 2. The summed E-state index contributed by atoms with van der Waals surface area (Å²) in [4.78, 5) is 39.5. The summed E-state index contributed by atoms with van der Waals surface area (Å²) in [5.74, 6) is -8.41. The van der Waals surface area contributed by atoms with Crippen LogP contribution >= 0.6 is 0 Å². The summed E-state index contributed by atoms with van der Waals surface area (Å²) >= 11 is 0. The highest BCUT2D eigenvalue weighted by atomic mass is 19.4. The zero-order valence-corrected chi connectivity index (χ0v) is 15.6. The molecule has 2 rings (SSSR count). The monoisotopic (exact) mass is 452 g/mol. The van der Waals surface area contributed by atoms with Crippen molar-refractivity contribution < 1.29 is 55.7 Å². The molecule has 2 aliphatic rings. The molecule has 2 saturated heterocycles. The Bertz CT molecular complexity index is 544. The van der Waals surface area contributed by atoms with Crippen LogP contribution in [-0.2, 0) is 19.2 Å². The third-order valence-electron chi connectivity index (χ3n) is 4.16. The first-order chi connectivity index (χ1) is 13.7. The molecule has 0 atom stereocenters. The second-order valence-electron chi connectivity index (χ2n) is 6.38. The molecule has 0 aromatic carbocycles. The molecule has 0 bridgehead atoms. The van der Waals surface area contributed by atoms with Gasteiger partial charge in [-0.25, -0.2) is 9.59 Å². The molecular weight excluding hydrogens is 430 g/mol. The average Bonchev–Trinajstić information content (AvgIpc) is 2.67. The minimum atomic E-state index is -4.65. The SMILES string of the molecule is O=C(C1CCNCC1)C(F)(F)F.O=C(C1CCNCC1)C(F)(F)F.O=C(O)C(=O)O. The highest BCUT2D eigenvalue weighted by molar-refractivity contribution is 6.27. The highest BCUT2D eigenvalue weighted by Gasteiger charge is 2.43. The second-order valence-corrected chi connectivity index (χ2v) is 6.38. The number of halogens is 6. The Morgan fingerprint density at radius 1 is 0.600 bits per heavy atom. The van der Waals surface area contributed by atoms with Gasteiger partial charge in [-0.05, 0) is 51.9 Å². The van der Waals surface area contributed by atoms with Gasteiger partial charge in [0.05, 0.1) is 0 Å². The maximum Gasteiger partial charge on any atom is 0.450 e. The molecule has 0 aromatic heterocycles. The number of alkyl halides is 6. The molecule has 30 heavy (non-hydrogen) atoms. The van der Waals surface area contributed by atoms with E-state index < -0.39 is 47.7 Å². The van der Waals surface area contributed by atoms with Crippen LogP contribution in [0.5, 0.6) is 0 Å². The summed E-state index contributed by atoms with van der Waals surface area (Å²) in [6.07, 6.45) is -8.09. The number of ketones is 2. The summed E-state index contributed by atoms with van der Waals surface area (Å²) in [6.45, 7) is 2.03. The molecule has 0 spiro atoms. The summed E-state index contributed by atoms with van der Waals surface area (Å²) in [5.41, 5.74) is 0. The predicted octanol–water partition coefficient (Wildman–Crippen LogP) is 1.39. The Morgan fingerprint density at radius 2 is 0.833 bits per heavy atom. The van der Waals surface area contributed by atoms with Crippen molar-refractivity contribution in [3.05, 3.63) is 0 Å². The molecule has 0 amide bonds. The molecule has 2 aliphatic heterocycles. The topological polar surface area (TPSA) is 133 Å². The lowest BCUT2D eigenvalue weighted by molar-refractivity contribution is -0.176. The van der Waals surface area contributed by atoms with Crippen LogP contribution in [0.2, 0.25) is 0 Å². The lowest BCUT2D eigenvalue weighted by Gasteiger charge is -2.21. The van der Waals surface area contributed by atoms with Crippen molar-refractivity contribution in [2.24, 2.45) is 11.8 Å². The van der Waals surface area contributed by atoms with E-state index in [-0.39, 0.29) is 0 Å². The minimum Gasteiger partial charge on any atom is -0.473 e. The van der Waals surface area contributed by atoms with Gasteiger partial charge in [0, 0.05) is 11.8 Å². The number of hydrogen-bond acceptors (Lipinski definition) is 6. The van der Waals surface area contributed by atoms with Crippen molar-refractivity contribution in [2.75, 3.05) is 26.2 Å². The van der Waals surface area contributed by atoms with Gasteiger partial charge in [-0.15, -0.1) is 0 Å². The number of carboxylic acids is 2. The molecule has 14 heteroatoms. The second kappa shape index (κ2) is 12.5. The Morgan fingerprint density at radius 3 is 1.00 bits per heavy atom. The first kappa shape index (κ1) is 27.8. The zero-order valence-electron chi connectivity index (χ0n) is 15.6. The number of Topliss-reactive ketones (excluding diaryl/α,β-unsaturated/α-hetero) is 2. The van der Waals surface area contributed by atoms with Crippen LogP contribution in [-0.4, -0.2) is 72.2 Å². The number of aliphatic carboxylic acids is 2. The number of piperidine rings is 2. The van der Waals surface area contributed by atoms with Crippen molar-refractivity contribution in [2.45, 2.75) is 38.0 Å². The average molecular weight is 452 g/mol. The molecular formula is C16H22F6N2O6. The van der Waals surface area contributed by atoms with Gasteiger partial charge in [0.1, 0.15) is 0 Å². The van der Waals surface area contributed by atoms with Crippen molar-refractivity contribution in [1.82, 2.24) is 10.6 Å². The van der Waals surface area contributed by atoms with Crippen LogP contribution in [0.4, 0.5) is 26.3 Å². The maximum atomic E-state index is 11.9. The van der Waals surface area contributed by atoms with E-state index in [1.807, 2.05) is 0 Å². The Labute approximate surface area is 167 Å². The van der Waals surface area contributed by atoms with Crippen molar-refractivity contribution in [1.29, 1.82) is 0 Å². The van der Waals surface area contributed by atoms with Crippen molar-refractivity contribution >= 4 is 23.5 Å². The van der Waals surface area contributed by atoms with Gasteiger partial charge in [-0.3, -0.25) is 9.59 Å². The smallest absolute Gasteiger partial charge is 0.450 e. The van der Waals surface area contributed by atoms with Gasteiger partial charge in [0.15, 0.2) is 0 Å². The number of carbonyl (C=O) groups is 4. The number of carbonyl (C=O) groups excluding carboxylic acids is 2. The lowest BCUT2D eigenvalue weighted by Crippen LogP contribution is -2.38. The molecule has 0 unspecified atom stereocenters. The zero-order chi connectivity index (χ0) is 23.5. The van der Waals surface area contributed by atoms with E-state index >= 15 is 0 Å². The summed E-state index contributed by atoms with van der Waals surface area (Å²) in [7, 11) is 0. The summed E-state index contributed by atoms with van der Waals surface area (Å²) < 4.78 is 71.2. The molecule has 2 heterocycles. The third-order valence-corrected chi connectivity index (χ3v) is 4.16. The standard InChI is InChI=1S/2C7H10F3NO.C2H2O4/c2*8-7(9,10)6(12)5-1-3-11-4-2-5;3-1(4)2(5)6/h2*5,11H,1-4H2;(H,3,4)(H,5,6). The molecule has 2 fully saturated rings. The van der Waals surface area contributed by atoms with Gasteiger partial charge in [-0.2, -0.15) is 26.3 Å². The quantitative estimate of drug-likeness (QED) is 0.365. The number of rotatable bonds is 2. The van der Waals surface area contributed by atoms with E-state index in [1.54, 1.807) is 0 Å². The van der Waals surface area contributed by atoms with E-state index in [0.717, 1.165) is 0 Å². The van der Waals surface area contributed by atoms with E-state index in [0.29, 0.717) is 51.9 Å². The van der Waals surface area contributed by atoms with Crippen molar-refractivity contribution in [3.8, 4) is 0 Å². The fraction of sp³-hybridized carbons (Fsp3) is 0.750. The summed E-state index contributed by atoms with van der Waals surface area (Å²) in [5, 5.41) is 20.6. The van der Waals surface area contributed by atoms with Gasteiger partial charge < -0.3 is 20.8 Å². The fourth-order valence-corrected chi connectivity index (χ4v) is 2.63. The lowest BCUT2D eigenvalue weighted by atomic mass is 9.93. The largest absolute Gasteiger partial charge is 0.473 e. The first-order valence-electron chi connectivity index (χ1n) is 8.77. The first-order valence-corrected chi connectivity index (χ1v) is 8.77. The van der Waals surface area contributed by atoms with Crippen LogP contribution in [0.3, 0.4) is 0 Å². The van der Waals surface area contributed by atoms with Crippen LogP contribution in [0, 0.1) is 11.8 Å². The van der Waals surface area contributed by atoms with Crippen LogP contribution in [0.25, 0.3) is 0 Å². The molecule has 4 N–H and O–H groups in total. The van der Waals surface area contributed by atoms with E-state index in [1.165, 1.54) is 0 Å². The van der Waals surface area contributed by atoms with Gasteiger partial charge in [0.2, 0.25) is 11.6 Å². The van der Waals surface area contributed by atoms with Crippen LogP contribution in [0.15, 0.2) is 0 Å². The normalized spacial score (nSPS) is 18.2. The van der Waals surface area contributed by atoms with Gasteiger partial charge in [-0.1, -0.05) is 0 Å². The van der Waals surface area contributed by atoms with E-state index in [4.69, 9.17) is 19.8 Å². The van der Waals surface area contributed by atoms with Gasteiger partial charge >= 0.3 is 24.3 Å². The number of carboxylic acid groups (broad SMARTS) is 2. The third kappa shape index (κ3) is 11.1. The molecule has 0 aliphatic carbocycles. The van der Waals surface area contributed by atoms with Gasteiger partial charge in [0.25, 0.3) is 0 Å². The molecule has 0 aromatic rings. The number of hydrogen-bond donors (Lipinski definition) is 4. The minimum absolute atomic E-state index is 0.304. The Hall–Kier alpha value is -2.22. The fourth-order valence-electron chi connectivity index (χ4n) is 2.63. The molecule has 8 nitrogen and oxygen atoms in total. The predicted molar refractivity (Wildman–Crippen MR) is 88.6 cm³/mol. The summed E-state index contributed by atoms with van der Waals surface area (Å²) in [6, 6.07) is 0. The van der Waals surface area contributed by atoms with Crippen LogP contribution < -0.4 is 10.6 Å². The maximum absolute atomic E-state index is 11.9. The highest BCUT2D eigenvalue weighted by Crippen LogP contribution is 2.26. The Kier molecular flexibility index (Phi) is 11.5. The van der Waals surface area contributed by atoms with E-state index in [9.17, 15) is 35.9 Å². The van der Waals surface area contributed by atoms with E-state index in [2.05, 4.69) is 10.6 Å². The molecule has 174 valence electrons. The van der Waals surface area contributed by atoms with Crippen molar-refractivity contribution in [3.63, 3.8) is 0 Å². The van der Waals surface area contributed by atoms with Crippen LogP contribution in [0.1, 0.15) is 25.7 Å².